The van der Waals surface area contributed by atoms with Crippen molar-refractivity contribution in [1.82, 2.24) is 5.32 Å². The van der Waals surface area contributed by atoms with E-state index in [1.807, 2.05) is 35.7 Å². The number of urea groups is 1. The second-order valence-electron chi connectivity index (χ2n) is 8.15. The minimum atomic E-state index is -0.219. The third kappa shape index (κ3) is 5.02. The average molecular weight is 388 g/mol. The van der Waals surface area contributed by atoms with Crippen LogP contribution in [0, 0.1) is 5.41 Å². The number of hydrogen-bond donors (Lipinski definition) is 3. The van der Waals surface area contributed by atoms with Crippen LogP contribution in [0.25, 0.3) is 0 Å². The van der Waals surface area contributed by atoms with Crippen LogP contribution in [0.15, 0.2) is 41.8 Å². The van der Waals surface area contributed by atoms with Gasteiger partial charge in [-0.15, -0.1) is 11.3 Å². The van der Waals surface area contributed by atoms with Crippen LogP contribution in [0.3, 0.4) is 0 Å². The number of nitrogens with one attached hydrogen (secondary N) is 2. The first kappa shape index (κ1) is 19.7. The molecule has 0 aliphatic carbocycles. The summed E-state index contributed by atoms with van der Waals surface area (Å²) in [6.07, 6.45) is 1.29. The highest BCUT2D eigenvalue weighted by Crippen LogP contribution is 2.35. The third-order valence-corrected chi connectivity index (χ3v) is 5.86. The topological polar surface area (TPSA) is 64.6 Å². The van der Waals surface area contributed by atoms with Crippen LogP contribution in [-0.2, 0) is 0 Å². The zero-order valence-corrected chi connectivity index (χ0v) is 17.1. The Kier molecular flexibility index (Phi) is 6.07. The monoisotopic (exact) mass is 387 g/mol. The second-order valence-corrected chi connectivity index (χ2v) is 9.13. The first-order valence-electron chi connectivity index (χ1n) is 9.47. The highest BCUT2D eigenvalue weighted by Gasteiger charge is 2.29. The molecule has 1 unspecified atom stereocenters. The summed E-state index contributed by atoms with van der Waals surface area (Å²) in [4.78, 5) is 16.1. The molecule has 0 radical (unpaired) electrons. The van der Waals surface area contributed by atoms with Crippen molar-refractivity contribution in [3.05, 3.63) is 46.7 Å². The third-order valence-electron chi connectivity index (χ3n) is 4.93. The van der Waals surface area contributed by atoms with Crippen LogP contribution in [0.2, 0.25) is 0 Å². The number of piperidine rings is 1. The van der Waals surface area contributed by atoms with Gasteiger partial charge < -0.3 is 20.6 Å². The van der Waals surface area contributed by atoms with Crippen molar-refractivity contribution in [3.8, 4) is 0 Å². The lowest BCUT2D eigenvalue weighted by molar-refractivity contribution is 0.145. The van der Waals surface area contributed by atoms with Gasteiger partial charge in [-0.25, -0.2) is 4.79 Å². The minimum absolute atomic E-state index is 0.0604. The maximum Gasteiger partial charge on any atom is 0.319 e. The molecule has 5 nitrogen and oxygen atoms in total. The van der Waals surface area contributed by atoms with Gasteiger partial charge >= 0.3 is 6.03 Å². The van der Waals surface area contributed by atoms with E-state index in [1.54, 1.807) is 11.3 Å². The fourth-order valence-corrected chi connectivity index (χ4v) is 4.44. The van der Waals surface area contributed by atoms with Crippen LogP contribution < -0.4 is 15.5 Å². The molecular formula is C21H29N3O2S. The van der Waals surface area contributed by atoms with E-state index in [0.717, 1.165) is 42.2 Å². The normalized spacial score (nSPS) is 16.8. The van der Waals surface area contributed by atoms with Crippen LogP contribution in [-0.4, -0.2) is 30.3 Å². The molecular weight excluding hydrogens is 358 g/mol. The Hall–Kier alpha value is -2.05. The van der Waals surface area contributed by atoms with E-state index in [0.29, 0.717) is 0 Å². The molecule has 3 N–H and O–H groups in total. The van der Waals surface area contributed by atoms with Gasteiger partial charge in [0.05, 0.1) is 23.5 Å². The zero-order valence-electron chi connectivity index (χ0n) is 16.2. The van der Waals surface area contributed by atoms with Crippen molar-refractivity contribution in [2.24, 2.45) is 5.41 Å². The number of carbonyl (C=O) groups excluding carboxylic acids is 1. The number of benzene rings is 1. The Labute approximate surface area is 165 Å². The molecule has 1 aromatic heterocycles. The molecule has 1 fully saturated rings. The maximum absolute atomic E-state index is 12.8. The van der Waals surface area contributed by atoms with Gasteiger partial charge in [0, 0.05) is 18.0 Å². The number of rotatable bonds is 4. The number of hydrogen-bond acceptors (Lipinski definition) is 4. The van der Waals surface area contributed by atoms with Crippen molar-refractivity contribution in [1.29, 1.82) is 0 Å². The molecule has 146 valence electrons. The molecule has 0 bridgehead atoms. The summed E-state index contributed by atoms with van der Waals surface area (Å²) in [5.41, 5.74) is 1.71. The van der Waals surface area contributed by atoms with Gasteiger partial charge in [-0.2, -0.15) is 0 Å². The lowest BCUT2D eigenvalue weighted by Crippen LogP contribution is -2.39. The van der Waals surface area contributed by atoms with Gasteiger partial charge in [-0.3, -0.25) is 0 Å². The van der Waals surface area contributed by atoms with Crippen molar-refractivity contribution < 1.29 is 9.90 Å². The van der Waals surface area contributed by atoms with E-state index in [1.165, 1.54) is 0 Å². The molecule has 2 heterocycles. The van der Waals surface area contributed by atoms with E-state index in [2.05, 4.69) is 42.4 Å². The van der Waals surface area contributed by atoms with Crippen LogP contribution in [0.1, 0.15) is 44.5 Å². The number of nitrogens with zero attached hydrogens (tertiary/aromatic N) is 1. The number of thiophene rings is 1. The van der Waals surface area contributed by atoms with Crippen LogP contribution in [0.4, 0.5) is 16.2 Å². The first-order valence-corrected chi connectivity index (χ1v) is 10.4. The zero-order chi connectivity index (χ0) is 19.4. The molecule has 2 amide bonds. The summed E-state index contributed by atoms with van der Waals surface area (Å²) in [6, 6.07) is 11.7. The van der Waals surface area contributed by atoms with E-state index >= 15 is 0 Å². The van der Waals surface area contributed by atoms with Gasteiger partial charge in [-0.1, -0.05) is 39.0 Å². The molecule has 1 aromatic carbocycles. The number of aliphatic hydroxyl groups excluding tert-OH is 1. The van der Waals surface area contributed by atoms with Gasteiger partial charge in [0.1, 0.15) is 0 Å². The predicted molar refractivity (Wildman–Crippen MR) is 113 cm³/mol. The van der Waals surface area contributed by atoms with Crippen LogP contribution >= 0.6 is 11.3 Å². The molecule has 1 atom stereocenters. The van der Waals surface area contributed by atoms with E-state index < -0.39 is 0 Å². The lowest BCUT2D eigenvalue weighted by Gasteiger charge is -2.33. The van der Waals surface area contributed by atoms with Crippen LogP contribution in [0.5, 0.6) is 0 Å². The standard InChI is InChI=1S/C21H29N3O2S/c1-21(2,3)19(18-9-6-14-27-18)23-20(26)22-16-7-4-5-8-17(16)24-12-10-15(25)11-13-24/h4-9,14-15,19,25H,10-13H2,1-3H3,(H2,22,23,26). The van der Waals surface area contributed by atoms with Gasteiger partial charge in [0.15, 0.2) is 0 Å². The van der Waals surface area contributed by atoms with E-state index in [4.69, 9.17) is 0 Å². The second kappa shape index (κ2) is 8.31. The van der Waals surface area contributed by atoms with Gasteiger partial charge in [0.2, 0.25) is 0 Å². The number of carbonyl (C=O) groups is 1. The molecule has 3 rings (SSSR count). The Balaban J connectivity index is 1.72. The Morgan fingerprint density at radius 3 is 2.52 bits per heavy atom. The SMILES string of the molecule is CC(C)(C)C(NC(=O)Nc1ccccc1N1CCC(O)CC1)c1cccs1. The molecule has 1 saturated heterocycles. The summed E-state index contributed by atoms with van der Waals surface area (Å²) in [5.74, 6) is 0. The molecule has 1 aliphatic heterocycles. The first-order chi connectivity index (χ1) is 12.8. The highest BCUT2D eigenvalue weighted by atomic mass is 32.1. The largest absolute Gasteiger partial charge is 0.393 e. The predicted octanol–water partition coefficient (Wildman–Crippen LogP) is 4.62. The molecule has 1 aliphatic rings. The van der Waals surface area contributed by atoms with Gasteiger partial charge in [0.25, 0.3) is 0 Å². The summed E-state index contributed by atoms with van der Waals surface area (Å²) in [7, 11) is 0. The Morgan fingerprint density at radius 1 is 1.19 bits per heavy atom. The maximum atomic E-state index is 12.8. The van der Waals surface area contributed by atoms with Crippen molar-refractivity contribution in [2.45, 2.75) is 45.8 Å². The summed E-state index contributed by atoms with van der Waals surface area (Å²) < 4.78 is 0. The quantitative estimate of drug-likeness (QED) is 0.717. The lowest BCUT2D eigenvalue weighted by atomic mass is 9.86. The van der Waals surface area contributed by atoms with Crippen molar-refractivity contribution in [2.75, 3.05) is 23.3 Å². The summed E-state index contributed by atoms with van der Waals surface area (Å²) in [6.45, 7) is 7.97. The average Bonchev–Trinajstić information content (AvgIpc) is 3.14. The molecule has 2 aromatic rings. The van der Waals surface area contributed by atoms with Crippen molar-refractivity contribution >= 4 is 28.7 Å². The highest BCUT2D eigenvalue weighted by molar-refractivity contribution is 7.10. The number of aliphatic hydroxyl groups is 1. The molecule has 0 saturated carbocycles. The number of anilines is 2. The van der Waals surface area contributed by atoms with E-state index in [-0.39, 0.29) is 23.6 Å². The van der Waals surface area contributed by atoms with E-state index in [9.17, 15) is 9.90 Å². The molecule has 27 heavy (non-hydrogen) atoms. The smallest absolute Gasteiger partial charge is 0.319 e. The summed E-state index contributed by atoms with van der Waals surface area (Å²) >= 11 is 1.66. The number of para-hydroxylation sites is 2. The van der Waals surface area contributed by atoms with Crippen molar-refractivity contribution in [3.63, 3.8) is 0 Å². The Bertz CT molecular complexity index is 747. The fraction of sp³-hybridized carbons (Fsp3) is 0.476. The summed E-state index contributed by atoms with van der Waals surface area (Å²) in [5, 5.41) is 18.0. The fourth-order valence-electron chi connectivity index (χ4n) is 3.42. The number of amides is 2. The molecule has 6 heteroatoms. The van der Waals surface area contributed by atoms with Gasteiger partial charge in [-0.05, 0) is 41.8 Å². The molecule has 0 spiro atoms. The Morgan fingerprint density at radius 2 is 1.89 bits per heavy atom. The minimum Gasteiger partial charge on any atom is -0.393 e.